The number of aromatic amines is 1. The number of nitrogens with zero attached hydrogens (tertiary/aromatic N) is 2. The van der Waals surface area contributed by atoms with Gasteiger partial charge in [0.05, 0.1) is 17.7 Å². The number of fused-ring (bicyclic) bond motifs is 2. The molecule has 3 aliphatic carbocycles. The number of H-pyrrole nitrogens is 1. The summed E-state index contributed by atoms with van der Waals surface area (Å²) < 4.78 is 0. The number of hydrogen-bond acceptors (Lipinski definition) is 6. The minimum atomic E-state index is -0.389. The average Bonchev–Trinajstić information content (AvgIpc) is 2.73. The molecule has 2 heterocycles. The van der Waals surface area contributed by atoms with Gasteiger partial charge >= 0.3 is 0 Å². The van der Waals surface area contributed by atoms with E-state index >= 15 is 0 Å². The zero-order valence-corrected chi connectivity index (χ0v) is 17.7. The lowest BCUT2D eigenvalue weighted by molar-refractivity contribution is -0.120. The van der Waals surface area contributed by atoms with Gasteiger partial charge in [0, 0.05) is 25.0 Å². The zero-order valence-electron chi connectivity index (χ0n) is 17.7. The number of hydrogen-bond donors (Lipinski definition) is 4. The molecule has 0 radical (unpaired) electrons. The molecule has 2 bridgehead atoms. The number of aromatic nitrogens is 3. The van der Waals surface area contributed by atoms with Gasteiger partial charge in [0.2, 0.25) is 5.91 Å². The van der Waals surface area contributed by atoms with E-state index in [1.54, 1.807) is 12.4 Å². The van der Waals surface area contributed by atoms with Crippen molar-refractivity contribution < 1.29 is 4.79 Å². The number of carbonyl (C=O) groups is 1. The van der Waals surface area contributed by atoms with Crippen LogP contribution in [0.1, 0.15) is 44.7 Å². The Morgan fingerprint density at radius 1 is 1.30 bits per heavy atom. The van der Waals surface area contributed by atoms with Gasteiger partial charge in [-0.05, 0) is 53.7 Å². The van der Waals surface area contributed by atoms with Crippen LogP contribution in [-0.4, -0.2) is 27.1 Å². The number of amides is 1. The Hall–Kier alpha value is -2.90. The van der Waals surface area contributed by atoms with Crippen LogP contribution in [0.25, 0.3) is 0 Å². The van der Waals surface area contributed by atoms with Gasteiger partial charge < -0.3 is 16.4 Å². The van der Waals surface area contributed by atoms with Gasteiger partial charge in [-0.1, -0.05) is 20.8 Å². The van der Waals surface area contributed by atoms with E-state index < -0.39 is 0 Å². The molecule has 30 heavy (non-hydrogen) atoms. The van der Waals surface area contributed by atoms with Crippen LogP contribution in [0, 0.1) is 23.2 Å². The summed E-state index contributed by atoms with van der Waals surface area (Å²) in [6.07, 6.45) is 5.59. The lowest BCUT2D eigenvalue weighted by atomic mass is 9.45. The predicted octanol–water partition coefficient (Wildman–Crippen LogP) is 2.09. The summed E-state index contributed by atoms with van der Waals surface area (Å²) in [5.74, 6) is 1.75. The van der Waals surface area contributed by atoms with Gasteiger partial charge in [-0.25, -0.2) is 5.10 Å². The van der Waals surface area contributed by atoms with Crippen LogP contribution in [0.3, 0.4) is 0 Å². The van der Waals surface area contributed by atoms with Crippen LogP contribution in [-0.2, 0) is 17.8 Å². The second kappa shape index (κ2) is 7.74. The predicted molar refractivity (Wildman–Crippen MR) is 116 cm³/mol. The van der Waals surface area contributed by atoms with Crippen molar-refractivity contribution >= 4 is 17.4 Å². The van der Waals surface area contributed by atoms with Crippen LogP contribution in [0.4, 0.5) is 11.5 Å². The smallest absolute Gasteiger partial charge is 0.270 e. The molecule has 0 spiro atoms. The molecule has 5 rings (SSSR count). The first-order chi connectivity index (χ1) is 14.3. The molecule has 2 aromatic heterocycles. The molecule has 3 fully saturated rings. The van der Waals surface area contributed by atoms with Crippen molar-refractivity contribution in [3.8, 4) is 0 Å². The number of carbonyl (C=O) groups excluding carboxylic acids is 1. The highest BCUT2D eigenvalue weighted by molar-refractivity contribution is 5.82. The Bertz CT molecular complexity index is 987. The summed E-state index contributed by atoms with van der Waals surface area (Å²) in [4.78, 5) is 29.0. The fraction of sp³-hybridized carbons (Fsp3) is 0.545. The zero-order chi connectivity index (χ0) is 21.5. The highest BCUT2D eigenvalue weighted by atomic mass is 16.2. The third-order valence-electron chi connectivity index (χ3n) is 7.37. The molecule has 8 nitrogen and oxygen atoms in total. The second-order valence-electron chi connectivity index (χ2n) is 9.31. The highest BCUT2D eigenvalue weighted by Gasteiger charge is 2.56. The molecule has 2 aromatic rings. The summed E-state index contributed by atoms with van der Waals surface area (Å²) in [7, 11) is 0. The van der Waals surface area contributed by atoms with Gasteiger partial charge in [-0.2, -0.15) is 5.10 Å². The van der Waals surface area contributed by atoms with E-state index in [2.05, 4.69) is 46.6 Å². The number of anilines is 2. The Morgan fingerprint density at radius 2 is 2.03 bits per heavy atom. The maximum atomic E-state index is 12.5. The minimum Gasteiger partial charge on any atom is -0.381 e. The van der Waals surface area contributed by atoms with E-state index in [4.69, 9.17) is 5.73 Å². The Morgan fingerprint density at radius 3 is 2.70 bits per heavy atom. The molecule has 160 valence electrons. The molecule has 3 saturated carbocycles. The summed E-state index contributed by atoms with van der Waals surface area (Å²) in [5, 5.41) is 12.7. The van der Waals surface area contributed by atoms with Crippen LogP contribution in [0.15, 0.2) is 29.3 Å². The average molecular weight is 411 g/mol. The Balaban J connectivity index is 1.48. The lowest BCUT2D eigenvalue weighted by Gasteiger charge is -2.62. The second-order valence-corrected chi connectivity index (χ2v) is 9.31. The lowest BCUT2D eigenvalue weighted by Crippen LogP contribution is -2.58. The van der Waals surface area contributed by atoms with Gasteiger partial charge in [0.15, 0.2) is 5.82 Å². The van der Waals surface area contributed by atoms with Crippen molar-refractivity contribution in [3.63, 3.8) is 0 Å². The molecule has 0 aliphatic heterocycles. The molecule has 4 atom stereocenters. The van der Waals surface area contributed by atoms with E-state index in [9.17, 15) is 9.59 Å². The Kier molecular flexibility index (Phi) is 5.26. The van der Waals surface area contributed by atoms with E-state index in [-0.39, 0.29) is 29.7 Å². The molecule has 3 aliphatic rings. The van der Waals surface area contributed by atoms with Crippen LogP contribution in [0.2, 0.25) is 0 Å². The number of nitrogens with one attached hydrogen (secondary N) is 3. The molecule has 1 amide bonds. The van der Waals surface area contributed by atoms with Crippen LogP contribution in [0.5, 0.6) is 0 Å². The van der Waals surface area contributed by atoms with Gasteiger partial charge in [-0.15, -0.1) is 0 Å². The first-order valence-electron chi connectivity index (χ1n) is 10.6. The number of rotatable bonds is 6. The van der Waals surface area contributed by atoms with Crippen LogP contribution < -0.4 is 21.9 Å². The van der Waals surface area contributed by atoms with Gasteiger partial charge in [0.25, 0.3) is 5.56 Å². The summed E-state index contributed by atoms with van der Waals surface area (Å²) in [5.41, 5.74) is 7.86. The molecule has 8 heteroatoms. The summed E-state index contributed by atoms with van der Waals surface area (Å²) in [6, 6.07) is 3.88. The van der Waals surface area contributed by atoms with Crippen molar-refractivity contribution in [2.75, 3.05) is 11.1 Å². The number of nitrogens with two attached hydrogens (primary N) is 1. The standard InChI is InChI=1S/C22H30N6O2/c1-12-16-8-14(22(16,2)3)9-17(12)26-19-15(21(30)28-27-20(19)23)10-18(29)25-11-13-4-6-24-7-5-13/h4-7,12,14,16-17H,8-11H2,1-3H3,(H2,23,27)(H,25,29)(H2,26,28,30)/t12-,14+,16-,17-/m1/s1. The Labute approximate surface area is 176 Å². The monoisotopic (exact) mass is 410 g/mol. The van der Waals surface area contributed by atoms with Crippen molar-refractivity contribution in [1.82, 2.24) is 20.5 Å². The first kappa shape index (κ1) is 20.4. The van der Waals surface area contributed by atoms with E-state index in [1.165, 1.54) is 6.42 Å². The molecule has 0 unspecified atom stereocenters. The third kappa shape index (κ3) is 3.66. The topological polar surface area (TPSA) is 126 Å². The first-order valence-corrected chi connectivity index (χ1v) is 10.6. The minimum absolute atomic E-state index is 0.0606. The third-order valence-corrected chi connectivity index (χ3v) is 7.37. The molecule has 0 saturated heterocycles. The molecule has 5 N–H and O–H groups in total. The molecular weight excluding hydrogens is 380 g/mol. The normalized spacial score (nSPS) is 26.5. The van der Waals surface area contributed by atoms with Crippen molar-refractivity contribution in [2.24, 2.45) is 23.2 Å². The van der Waals surface area contributed by atoms with E-state index in [0.29, 0.717) is 41.0 Å². The van der Waals surface area contributed by atoms with E-state index in [0.717, 1.165) is 12.0 Å². The van der Waals surface area contributed by atoms with Crippen molar-refractivity contribution in [3.05, 3.63) is 46.0 Å². The van der Waals surface area contributed by atoms with Crippen LogP contribution >= 0.6 is 0 Å². The molecule has 0 aromatic carbocycles. The van der Waals surface area contributed by atoms with Crippen molar-refractivity contribution in [2.45, 2.75) is 52.6 Å². The van der Waals surface area contributed by atoms with Gasteiger partial charge in [-0.3, -0.25) is 14.6 Å². The number of nitrogen functional groups attached to an aromatic ring is 1. The fourth-order valence-electron chi connectivity index (χ4n) is 5.28. The van der Waals surface area contributed by atoms with Gasteiger partial charge in [0.1, 0.15) is 0 Å². The summed E-state index contributed by atoms with van der Waals surface area (Å²) >= 11 is 0. The SMILES string of the molecule is C[C@@H]1[C@H]2C[C@@H](C[C@H]1Nc1c(N)n[nH]c(=O)c1CC(=O)NCc1ccncc1)C2(C)C. The van der Waals surface area contributed by atoms with Crippen molar-refractivity contribution in [1.29, 1.82) is 0 Å². The molecular formula is C22H30N6O2. The quantitative estimate of drug-likeness (QED) is 0.578. The maximum Gasteiger partial charge on any atom is 0.270 e. The largest absolute Gasteiger partial charge is 0.381 e. The summed E-state index contributed by atoms with van der Waals surface area (Å²) in [6.45, 7) is 7.33. The maximum absolute atomic E-state index is 12.5. The fourth-order valence-corrected chi connectivity index (χ4v) is 5.28. The highest BCUT2D eigenvalue weighted by Crippen LogP contribution is 2.61. The van der Waals surface area contributed by atoms with E-state index in [1.807, 2.05) is 12.1 Å². The number of pyridine rings is 1.